The van der Waals surface area contributed by atoms with Gasteiger partial charge in [-0.05, 0) is 24.1 Å². The zero-order valence-electron chi connectivity index (χ0n) is 9.30. The van der Waals surface area contributed by atoms with E-state index in [2.05, 4.69) is 50.4 Å². The quantitative estimate of drug-likeness (QED) is 0.621. The van der Waals surface area contributed by atoms with Crippen LogP contribution >= 0.6 is 11.6 Å². The summed E-state index contributed by atoms with van der Waals surface area (Å²) < 4.78 is 0. The first kappa shape index (κ1) is 12.1. The summed E-state index contributed by atoms with van der Waals surface area (Å²) in [7, 11) is 0. The Hall–Kier alpha value is -1.02. The van der Waals surface area contributed by atoms with Gasteiger partial charge in [0, 0.05) is 12.0 Å². The van der Waals surface area contributed by atoms with Crippen LogP contribution in [-0.4, -0.2) is 11.9 Å². The minimum atomic E-state index is -0.504. The highest BCUT2D eigenvalue weighted by molar-refractivity contribution is 6.62. The Bertz CT molecular complexity index is 343. The average Bonchev–Trinajstić information content (AvgIpc) is 2.16. The van der Waals surface area contributed by atoms with Crippen molar-refractivity contribution in [2.24, 2.45) is 0 Å². The highest BCUT2D eigenvalue weighted by Crippen LogP contribution is 2.22. The number of carbonyl (C=O) groups excluding carboxylic acids is 1. The van der Waals surface area contributed by atoms with Crippen molar-refractivity contribution >= 4 is 17.0 Å². The minimum Gasteiger partial charge on any atom is -0.342 e. The fraction of sp³-hybridized carbons (Fsp3) is 0.417. The Labute approximate surface area is 95.6 Å². The van der Waals surface area contributed by atoms with Gasteiger partial charge in [-0.2, -0.15) is 0 Å². The first-order valence-corrected chi connectivity index (χ1v) is 5.30. The highest BCUT2D eigenvalue weighted by Gasteiger charge is 2.20. The third-order valence-corrected chi connectivity index (χ3v) is 2.64. The molecule has 1 amide bonds. The summed E-state index contributed by atoms with van der Waals surface area (Å²) in [6.45, 7) is 6.74. The molecule has 0 aliphatic carbocycles. The highest BCUT2D eigenvalue weighted by atomic mass is 35.5. The molecule has 0 radical (unpaired) electrons. The second-order valence-electron chi connectivity index (χ2n) is 4.38. The van der Waals surface area contributed by atoms with Gasteiger partial charge >= 0.3 is 5.37 Å². The van der Waals surface area contributed by atoms with Gasteiger partial charge in [0.1, 0.15) is 0 Å². The second kappa shape index (κ2) is 4.67. The fourth-order valence-electron chi connectivity index (χ4n) is 1.40. The topological polar surface area (TPSA) is 29.1 Å². The Morgan fingerprint density at radius 2 is 1.87 bits per heavy atom. The molecule has 0 unspecified atom stereocenters. The first-order valence-electron chi connectivity index (χ1n) is 4.92. The maximum atomic E-state index is 10.6. The van der Waals surface area contributed by atoms with Crippen LogP contribution in [0.3, 0.4) is 0 Å². The van der Waals surface area contributed by atoms with E-state index in [-0.39, 0.29) is 5.41 Å². The summed E-state index contributed by atoms with van der Waals surface area (Å²) in [5.74, 6) is 0. The van der Waals surface area contributed by atoms with Gasteiger partial charge in [0.05, 0.1) is 0 Å². The molecule has 0 heterocycles. The molecule has 0 bridgehead atoms. The standard InChI is InChI=1S/C12H16ClNO/c1-9-4-6-10(7-5-9)12(2,3)8-14-11(13)15/h4-7H,8H2,1-3H3,(H,14,15). The van der Waals surface area contributed by atoms with E-state index in [1.165, 1.54) is 11.1 Å². The predicted molar refractivity (Wildman–Crippen MR) is 63.5 cm³/mol. The number of halogens is 1. The van der Waals surface area contributed by atoms with Crippen LogP contribution in [0.1, 0.15) is 25.0 Å². The van der Waals surface area contributed by atoms with Crippen LogP contribution in [0.2, 0.25) is 0 Å². The van der Waals surface area contributed by atoms with Crippen molar-refractivity contribution in [2.45, 2.75) is 26.2 Å². The van der Waals surface area contributed by atoms with Gasteiger partial charge in [0.15, 0.2) is 0 Å². The third kappa shape index (κ3) is 3.56. The molecule has 3 heteroatoms. The summed E-state index contributed by atoms with van der Waals surface area (Å²) in [6, 6.07) is 8.30. The molecule has 0 aliphatic rings. The van der Waals surface area contributed by atoms with Crippen molar-refractivity contribution in [1.29, 1.82) is 0 Å². The fourth-order valence-corrected chi connectivity index (χ4v) is 1.46. The average molecular weight is 226 g/mol. The van der Waals surface area contributed by atoms with E-state index in [0.29, 0.717) is 6.54 Å². The number of nitrogens with one attached hydrogen (secondary N) is 1. The van der Waals surface area contributed by atoms with Crippen molar-refractivity contribution in [2.75, 3.05) is 6.54 Å². The molecule has 0 saturated heterocycles. The lowest BCUT2D eigenvalue weighted by molar-refractivity contribution is 0.257. The normalized spacial score (nSPS) is 11.2. The van der Waals surface area contributed by atoms with Gasteiger partial charge in [-0.25, -0.2) is 0 Å². The Balaban J connectivity index is 2.76. The van der Waals surface area contributed by atoms with Crippen LogP contribution in [0.25, 0.3) is 0 Å². The zero-order chi connectivity index (χ0) is 11.5. The van der Waals surface area contributed by atoms with E-state index >= 15 is 0 Å². The van der Waals surface area contributed by atoms with E-state index < -0.39 is 5.37 Å². The molecule has 1 aromatic rings. The maximum absolute atomic E-state index is 10.6. The van der Waals surface area contributed by atoms with Crippen LogP contribution in [0.15, 0.2) is 24.3 Å². The minimum absolute atomic E-state index is 0.0990. The molecule has 2 nitrogen and oxygen atoms in total. The smallest absolute Gasteiger partial charge is 0.313 e. The van der Waals surface area contributed by atoms with Gasteiger partial charge in [0.25, 0.3) is 0 Å². The largest absolute Gasteiger partial charge is 0.342 e. The van der Waals surface area contributed by atoms with E-state index in [0.717, 1.165) is 0 Å². The predicted octanol–water partition coefficient (Wildman–Crippen LogP) is 3.22. The van der Waals surface area contributed by atoms with Gasteiger partial charge in [-0.15, -0.1) is 0 Å². The number of aryl methyl sites for hydroxylation is 1. The van der Waals surface area contributed by atoms with E-state index in [1.54, 1.807) is 0 Å². The Kier molecular flexibility index (Phi) is 3.75. The lowest BCUT2D eigenvalue weighted by atomic mass is 9.84. The molecular formula is C12H16ClNO. The Morgan fingerprint density at radius 1 is 1.33 bits per heavy atom. The first-order chi connectivity index (χ1) is 6.92. The van der Waals surface area contributed by atoms with Crippen molar-refractivity contribution in [1.82, 2.24) is 5.32 Å². The van der Waals surface area contributed by atoms with Gasteiger partial charge in [-0.3, -0.25) is 4.79 Å². The number of rotatable bonds is 3. The van der Waals surface area contributed by atoms with Crippen molar-refractivity contribution in [3.05, 3.63) is 35.4 Å². The van der Waals surface area contributed by atoms with Gasteiger partial charge in [-0.1, -0.05) is 43.7 Å². The summed E-state index contributed by atoms with van der Waals surface area (Å²) in [4.78, 5) is 10.6. The number of amides is 1. The van der Waals surface area contributed by atoms with Crippen LogP contribution in [-0.2, 0) is 5.41 Å². The summed E-state index contributed by atoms with van der Waals surface area (Å²) >= 11 is 5.25. The monoisotopic (exact) mass is 225 g/mol. The molecule has 15 heavy (non-hydrogen) atoms. The molecule has 0 aromatic heterocycles. The molecular weight excluding hydrogens is 210 g/mol. The molecule has 1 rings (SSSR count). The molecule has 1 aromatic carbocycles. The maximum Gasteiger partial charge on any atom is 0.313 e. The van der Waals surface area contributed by atoms with Crippen molar-refractivity contribution < 1.29 is 4.79 Å². The molecule has 1 N–H and O–H groups in total. The van der Waals surface area contributed by atoms with Gasteiger partial charge < -0.3 is 5.32 Å². The van der Waals surface area contributed by atoms with E-state index in [1.807, 2.05) is 0 Å². The van der Waals surface area contributed by atoms with Gasteiger partial charge in [0.2, 0.25) is 0 Å². The van der Waals surface area contributed by atoms with Crippen LogP contribution in [0.4, 0.5) is 4.79 Å². The molecule has 0 atom stereocenters. The number of benzene rings is 1. The van der Waals surface area contributed by atoms with Crippen molar-refractivity contribution in [3.8, 4) is 0 Å². The number of hydrogen-bond donors (Lipinski definition) is 1. The van der Waals surface area contributed by atoms with Crippen molar-refractivity contribution in [3.63, 3.8) is 0 Å². The molecule has 0 spiro atoms. The van der Waals surface area contributed by atoms with Crippen LogP contribution in [0.5, 0.6) is 0 Å². The molecule has 82 valence electrons. The van der Waals surface area contributed by atoms with E-state index in [9.17, 15) is 4.79 Å². The molecule has 0 fully saturated rings. The Morgan fingerprint density at radius 3 is 2.33 bits per heavy atom. The lowest BCUT2D eigenvalue weighted by Gasteiger charge is -2.25. The zero-order valence-corrected chi connectivity index (χ0v) is 10.1. The molecule has 0 saturated carbocycles. The third-order valence-electron chi connectivity index (χ3n) is 2.50. The summed E-state index contributed by atoms with van der Waals surface area (Å²) in [6.07, 6.45) is 0. The SMILES string of the molecule is Cc1ccc(C(C)(C)CNC(=O)Cl)cc1. The van der Waals surface area contributed by atoms with Crippen LogP contribution in [0, 0.1) is 6.92 Å². The number of carbonyl (C=O) groups is 1. The number of hydrogen-bond acceptors (Lipinski definition) is 1. The van der Waals surface area contributed by atoms with E-state index in [4.69, 9.17) is 11.6 Å². The van der Waals surface area contributed by atoms with Crippen LogP contribution < -0.4 is 5.32 Å². The lowest BCUT2D eigenvalue weighted by Crippen LogP contribution is -2.34. The molecule has 0 aliphatic heterocycles. The summed E-state index contributed by atoms with van der Waals surface area (Å²) in [5, 5.41) is 2.12. The summed E-state index contributed by atoms with van der Waals surface area (Å²) in [5.41, 5.74) is 2.33. The second-order valence-corrected chi connectivity index (χ2v) is 4.72.